The molecule has 5 aromatic rings. The number of amides is 1. The molecule has 5 aromatic carbocycles. The number of fused-ring (bicyclic) bond motifs is 10. The highest BCUT2D eigenvalue weighted by atomic mass is 32.2. The number of rotatable bonds is 5. The summed E-state index contributed by atoms with van der Waals surface area (Å²) in [4.78, 5) is 22.7. The number of nitrogens with zero attached hydrogens (tertiary/aromatic N) is 1. The summed E-state index contributed by atoms with van der Waals surface area (Å²) >= 11 is 2.20. The molecule has 10 unspecified atom stereocenters. The lowest BCUT2D eigenvalue weighted by Gasteiger charge is -2.42. The molecule has 10 saturated heterocycles. The van der Waals surface area contributed by atoms with Crippen LogP contribution in [0.15, 0.2) is 146 Å². The standard InChI is InChI=1S/C22H34NOS.C18H27OS.C17H25OS2.C17H25OS.C17H25S2/c1-21(2,3)16-10-12-17(13-11-16)25-18-8-7-9-19(25)15-23(14-18)20(24)22(4,5)6;1-17(2,3)13-5-7-14(8-6-13)20-15-9-10-16(20)12-18(4,19)11-15;1-17(2,3)13-7-9-14(10-8-13)20-15-5-4-6-16(20)12-19(18)11-15;2*1-17(2,3)13-7-9-14(10-8-13)19-15-5-4-6-16(19)12-18-11-15/h10-13,18-19H,7-9,14-15H2,1-6H3;5-8,15-16,19H,9-12H2,1-4H3;7-10,15-16H,4-6,11-12H2,1-3H3;2*7-10,15-16H,4-6,11-12H2,1-3H3/q5*+1. The van der Waals surface area contributed by atoms with Crippen LogP contribution in [0.4, 0.5) is 0 Å². The van der Waals surface area contributed by atoms with Gasteiger partial charge in [0.25, 0.3) is 0 Å². The van der Waals surface area contributed by atoms with E-state index in [1.807, 2.05) is 27.7 Å². The molecular weight excluding hydrogens is 1400 g/mol. The van der Waals surface area contributed by atoms with E-state index in [0.29, 0.717) is 91.9 Å². The highest BCUT2D eigenvalue weighted by Gasteiger charge is 2.56. The largest absolute Gasteiger partial charge is 0.390 e. The molecule has 10 aliphatic heterocycles. The number of carbonyl (C=O) groups excluding carboxylic acids is 1. The minimum absolute atomic E-state index is 0.208. The Kier molecular flexibility index (Phi) is 26.8. The second kappa shape index (κ2) is 33.8. The summed E-state index contributed by atoms with van der Waals surface area (Å²) in [6.45, 7) is 46.2. The number of likely N-dealkylation sites (tertiary alicyclic amines) is 1. The van der Waals surface area contributed by atoms with Gasteiger partial charge in [-0.05, 0) is 200 Å². The molecule has 0 aliphatic carbocycles. The van der Waals surface area contributed by atoms with E-state index in [0.717, 1.165) is 71.7 Å². The second-order valence-electron chi connectivity index (χ2n) is 38.5. The third-order valence-electron chi connectivity index (χ3n) is 23.6. The molecule has 0 radical (unpaired) electrons. The zero-order valence-electron chi connectivity index (χ0n) is 67.3. The Hall–Kier alpha value is -2.26. The van der Waals surface area contributed by atoms with E-state index in [4.69, 9.17) is 4.74 Å². The van der Waals surface area contributed by atoms with Crippen LogP contribution in [0.1, 0.15) is 262 Å². The Balaban J connectivity index is 0.000000130. The average molecular weight is 1530 g/mol. The SMILES string of the molecule is CC(C)(C)C(=O)N1CC2CCCC(C1)[S+]2c1ccc(C(C)(C)C)cc1.CC(C)(C)c1ccc([S+]2C3CCCC2COC3)cc1.CC(C)(C)c1ccc([S+]2C3CCCC2CS(=O)C3)cc1.CC(C)(C)c1ccc([S+]2C3CCCC2CSC3)cc1.CC1(O)CC2CCC(C1)[S+]2c1ccc(C(C)(C)C)cc1. The van der Waals surface area contributed by atoms with Crippen molar-refractivity contribution in [2.24, 2.45) is 5.41 Å². The summed E-state index contributed by atoms with van der Waals surface area (Å²) in [5.74, 6) is 5.03. The number of hydrogen-bond donors (Lipinski definition) is 1. The van der Waals surface area contributed by atoms with Crippen LogP contribution in [0.25, 0.3) is 0 Å². The topological polar surface area (TPSA) is 66.8 Å². The van der Waals surface area contributed by atoms with Crippen LogP contribution < -0.4 is 0 Å². The molecule has 0 saturated carbocycles. The third-order valence-corrected chi connectivity index (χ3v) is 42.5. The van der Waals surface area contributed by atoms with E-state index < -0.39 is 16.4 Å². The first-order valence-electron chi connectivity index (χ1n) is 40.0. The molecule has 10 fully saturated rings. The van der Waals surface area contributed by atoms with Gasteiger partial charge in [0.15, 0.2) is 24.5 Å². The molecular formula is C91H136NO4S7+5. The summed E-state index contributed by atoms with van der Waals surface area (Å²) in [5, 5.41) is 18.0. The fourth-order valence-electron chi connectivity index (χ4n) is 17.9. The van der Waals surface area contributed by atoms with E-state index in [9.17, 15) is 14.1 Å². The lowest BCUT2D eigenvalue weighted by Crippen LogP contribution is -2.57. The van der Waals surface area contributed by atoms with Gasteiger partial charge in [0.05, 0.1) is 43.4 Å². The molecule has 10 bridgehead atoms. The Labute approximate surface area is 649 Å². The number of ether oxygens (including phenoxy) is 1. The smallest absolute Gasteiger partial charge is 0.228 e. The van der Waals surface area contributed by atoms with E-state index >= 15 is 0 Å². The van der Waals surface area contributed by atoms with Gasteiger partial charge in [-0.1, -0.05) is 185 Å². The first-order chi connectivity index (χ1) is 48.4. The zero-order valence-corrected chi connectivity index (χ0v) is 73.0. The number of thioether (sulfide) groups is 1. The Morgan fingerprint density at radius 3 is 0.942 bits per heavy atom. The summed E-state index contributed by atoms with van der Waals surface area (Å²) in [7, 11) is 1.44. The first-order valence-corrected chi connectivity index (χ1v) is 49.4. The molecule has 15 rings (SSSR count). The van der Waals surface area contributed by atoms with Gasteiger partial charge in [0.2, 0.25) is 5.91 Å². The van der Waals surface area contributed by atoms with Gasteiger partial charge in [0.1, 0.15) is 52.5 Å². The van der Waals surface area contributed by atoms with E-state index in [1.54, 1.807) is 9.79 Å². The van der Waals surface area contributed by atoms with Crippen molar-refractivity contribution < 1.29 is 18.8 Å². The average Bonchev–Trinajstić information content (AvgIpc) is 1.70. The highest BCUT2D eigenvalue weighted by molar-refractivity contribution is 8.06. The highest BCUT2D eigenvalue weighted by Crippen LogP contribution is 2.49. The van der Waals surface area contributed by atoms with Crippen molar-refractivity contribution in [3.63, 3.8) is 0 Å². The first kappa shape index (κ1) is 81.7. The van der Waals surface area contributed by atoms with Crippen LogP contribution in [0, 0.1) is 5.41 Å². The van der Waals surface area contributed by atoms with Crippen molar-refractivity contribution in [2.75, 3.05) is 49.3 Å². The van der Waals surface area contributed by atoms with Gasteiger partial charge < -0.3 is 14.7 Å². The molecule has 10 atom stereocenters. The number of benzene rings is 5. The quantitative estimate of drug-likeness (QED) is 0.178. The van der Waals surface area contributed by atoms with Crippen LogP contribution in [0.3, 0.4) is 0 Å². The van der Waals surface area contributed by atoms with Crippen LogP contribution in [-0.2, 0) is 102 Å². The molecule has 1 amide bonds. The number of carbonyl (C=O) groups is 1. The maximum Gasteiger partial charge on any atom is 0.228 e. The Bertz CT molecular complexity index is 3390. The number of aliphatic hydroxyl groups is 1. The molecule has 0 aromatic heterocycles. The predicted molar refractivity (Wildman–Crippen MR) is 458 cm³/mol. The van der Waals surface area contributed by atoms with Crippen LogP contribution in [-0.4, -0.2) is 128 Å². The maximum atomic E-state index is 12.8. The minimum atomic E-state index is -0.555. The monoisotopic (exact) mass is 1530 g/mol. The molecule has 12 heteroatoms. The minimum Gasteiger partial charge on any atom is -0.390 e. The van der Waals surface area contributed by atoms with Crippen LogP contribution in [0.5, 0.6) is 0 Å². The molecule has 1 N–H and O–H groups in total. The molecule has 10 aliphatic rings. The summed E-state index contributed by atoms with van der Waals surface area (Å²) in [5.41, 5.74) is 7.67. The fraction of sp³-hybridized carbons (Fsp3) is 0.659. The van der Waals surface area contributed by atoms with Gasteiger partial charge in [-0.2, -0.15) is 11.8 Å². The zero-order chi connectivity index (χ0) is 74.2. The third kappa shape index (κ3) is 20.7. The lowest BCUT2D eigenvalue weighted by molar-refractivity contribution is -0.139. The van der Waals surface area contributed by atoms with Gasteiger partial charge >= 0.3 is 0 Å². The molecule has 10 heterocycles. The van der Waals surface area contributed by atoms with Gasteiger partial charge in [-0.25, -0.2) is 0 Å². The lowest BCUT2D eigenvalue weighted by atomic mass is 9.87. The predicted octanol–water partition coefficient (Wildman–Crippen LogP) is 21.0. The second-order valence-corrected chi connectivity index (χ2v) is 53.8. The van der Waals surface area contributed by atoms with Crippen molar-refractivity contribution in [2.45, 2.75) is 344 Å². The fourth-order valence-corrected chi connectivity index (χ4v) is 39.2. The van der Waals surface area contributed by atoms with Gasteiger partial charge in [-0.3, -0.25) is 9.00 Å². The maximum absolute atomic E-state index is 12.8. The van der Waals surface area contributed by atoms with Crippen molar-refractivity contribution in [3.05, 3.63) is 149 Å². The number of hydrogen-bond acceptors (Lipinski definition) is 5. The van der Waals surface area contributed by atoms with Crippen LogP contribution >= 0.6 is 11.8 Å². The van der Waals surface area contributed by atoms with Crippen molar-refractivity contribution in [3.8, 4) is 0 Å². The van der Waals surface area contributed by atoms with Crippen molar-refractivity contribution in [1.29, 1.82) is 0 Å². The molecule has 103 heavy (non-hydrogen) atoms. The normalized spacial score (nSPS) is 31.9. The molecule has 5 nitrogen and oxygen atoms in total. The Morgan fingerprint density at radius 1 is 0.388 bits per heavy atom. The van der Waals surface area contributed by atoms with E-state index in [2.05, 4.69) is 242 Å². The van der Waals surface area contributed by atoms with Crippen LogP contribution in [0.2, 0.25) is 0 Å². The van der Waals surface area contributed by atoms with E-state index in [-0.39, 0.29) is 32.5 Å². The molecule has 566 valence electrons. The molecule has 0 spiro atoms. The van der Waals surface area contributed by atoms with Gasteiger partial charge in [0, 0.05) is 108 Å². The van der Waals surface area contributed by atoms with Crippen molar-refractivity contribution >= 4 is 82.9 Å². The van der Waals surface area contributed by atoms with Gasteiger partial charge in [-0.15, -0.1) is 0 Å². The summed E-state index contributed by atoms with van der Waals surface area (Å²) in [6.07, 6.45) is 20.9. The van der Waals surface area contributed by atoms with Crippen molar-refractivity contribution in [1.82, 2.24) is 4.90 Å². The van der Waals surface area contributed by atoms with E-state index in [1.165, 1.54) is 144 Å². The summed E-state index contributed by atoms with van der Waals surface area (Å²) in [6, 6.07) is 47.1. The summed E-state index contributed by atoms with van der Waals surface area (Å²) < 4.78 is 17.7. The Morgan fingerprint density at radius 2 is 0.641 bits per heavy atom.